The second kappa shape index (κ2) is 4.67. The van der Waals surface area contributed by atoms with Gasteiger partial charge in [0.15, 0.2) is 5.78 Å². The minimum absolute atomic E-state index is 0.360. The smallest absolute Gasteiger partial charge is 0.153 e. The summed E-state index contributed by atoms with van der Waals surface area (Å²) in [5.41, 5.74) is 4.14. The SMILES string of the molecule is CC1CC2(C)C(=O)C1(C)C(c1ccccc1)=C2c1ccccc1. The van der Waals surface area contributed by atoms with Gasteiger partial charge >= 0.3 is 0 Å². The molecular formula is C22H22O. The predicted octanol–water partition coefficient (Wildman–Crippen LogP) is 5.23. The van der Waals surface area contributed by atoms with E-state index in [1.165, 1.54) is 22.3 Å². The molecule has 0 aliphatic heterocycles. The second-order valence-electron chi connectivity index (χ2n) is 7.45. The zero-order chi connectivity index (χ0) is 16.2. The van der Waals surface area contributed by atoms with Gasteiger partial charge in [-0.15, -0.1) is 0 Å². The van der Waals surface area contributed by atoms with Crippen molar-refractivity contribution in [2.45, 2.75) is 27.2 Å². The molecule has 0 heterocycles. The van der Waals surface area contributed by atoms with Crippen LogP contribution in [0.4, 0.5) is 0 Å². The maximum absolute atomic E-state index is 13.3. The Labute approximate surface area is 138 Å². The molecule has 0 amide bonds. The van der Waals surface area contributed by atoms with Crippen LogP contribution in [0.15, 0.2) is 60.7 Å². The van der Waals surface area contributed by atoms with Crippen LogP contribution in [0.25, 0.3) is 11.1 Å². The molecule has 1 nitrogen and oxygen atoms in total. The minimum Gasteiger partial charge on any atom is -0.298 e. The van der Waals surface area contributed by atoms with Gasteiger partial charge in [-0.2, -0.15) is 0 Å². The number of fused-ring (bicyclic) bond motifs is 2. The van der Waals surface area contributed by atoms with Gasteiger partial charge in [0.25, 0.3) is 0 Å². The third kappa shape index (κ3) is 1.71. The van der Waals surface area contributed by atoms with Crippen molar-refractivity contribution in [3.05, 3.63) is 71.8 Å². The van der Waals surface area contributed by atoms with Gasteiger partial charge in [0.05, 0.1) is 10.8 Å². The van der Waals surface area contributed by atoms with E-state index < -0.39 is 0 Å². The van der Waals surface area contributed by atoms with Gasteiger partial charge in [-0.3, -0.25) is 4.79 Å². The second-order valence-corrected chi connectivity index (χ2v) is 7.45. The first kappa shape index (κ1) is 14.4. The number of Topliss-reactive ketones (excluding diaryl/α,β-unsaturated/α-hetero) is 1. The van der Waals surface area contributed by atoms with Crippen LogP contribution in [0.1, 0.15) is 38.3 Å². The summed E-state index contributed by atoms with van der Waals surface area (Å²) < 4.78 is 0. The molecule has 0 aromatic heterocycles. The molecule has 1 fully saturated rings. The normalized spacial score (nSPS) is 32.7. The molecule has 1 heteroatoms. The van der Waals surface area contributed by atoms with E-state index in [1.54, 1.807) is 0 Å². The van der Waals surface area contributed by atoms with Gasteiger partial charge in [-0.1, -0.05) is 67.6 Å². The molecule has 2 bridgehead atoms. The highest BCUT2D eigenvalue weighted by atomic mass is 16.1. The molecule has 116 valence electrons. The summed E-state index contributed by atoms with van der Waals surface area (Å²) in [6, 6.07) is 20.9. The van der Waals surface area contributed by atoms with Gasteiger partial charge < -0.3 is 0 Å². The summed E-state index contributed by atoms with van der Waals surface area (Å²) >= 11 is 0. The Hall–Kier alpha value is -2.15. The van der Waals surface area contributed by atoms with E-state index in [-0.39, 0.29) is 10.8 Å². The molecule has 3 unspecified atom stereocenters. The molecule has 2 aliphatic rings. The number of allylic oxidation sites excluding steroid dienone is 2. The highest BCUT2D eigenvalue weighted by Crippen LogP contribution is 2.68. The molecule has 4 rings (SSSR count). The molecule has 23 heavy (non-hydrogen) atoms. The van der Waals surface area contributed by atoms with Crippen LogP contribution in [0, 0.1) is 16.7 Å². The summed E-state index contributed by atoms with van der Waals surface area (Å²) in [4.78, 5) is 13.3. The number of benzene rings is 2. The maximum Gasteiger partial charge on any atom is 0.153 e. The van der Waals surface area contributed by atoms with Crippen molar-refractivity contribution in [3.63, 3.8) is 0 Å². The number of ketones is 1. The van der Waals surface area contributed by atoms with E-state index in [0.29, 0.717) is 11.7 Å². The van der Waals surface area contributed by atoms with E-state index >= 15 is 0 Å². The van der Waals surface area contributed by atoms with Gasteiger partial charge in [0, 0.05) is 0 Å². The molecule has 2 aromatic carbocycles. The minimum atomic E-state index is -0.374. The molecule has 2 aliphatic carbocycles. The molecule has 1 saturated carbocycles. The number of hydrogen-bond donors (Lipinski definition) is 0. The lowest BCUT2D eigenvalue weighted by molar-refractivity contribution is -0.127. The zero-order valence-corrected chi connectivity index (χ0v) is 14.0. The predicted molar refractivity (Wildman–Crippen MR) is 94.7 cm³/mol. The monoisotopic (exact) mass is 302 g/mol. The Morgan fingerprint density at radius 2 is 1.30 bits per heavy atom. The highest BCUT2D eigenvalue weighted by molar-refractivity contribution is 6.22. The quantitative estimate of drug-likeness (QED) is 0.742. The van der Waals surface area contributed by atoms with E-state index in [9.17, 15) is 4.79 Å². The Morgan fingerprint density at radius 3 is 1.83 bits per heavy atom. The van der Waals surface area contributed by atoms with Crippen LogP contribution in [-0.4, -0.2) is 5.78 Å². The van der Waals surface area contributed by atoms with Gasteiger partial charge in [0.1, 0.15) is 0 Å². The summed E-state index contributed by atoms with van der Waals surface area (Å²) in [7, 11) is 0. The molecular weight excluding hydrogens is 280 g/mol. The Morgan fingerprint density at radius 1 is 0.826 bits per heavy atom. The standard InChI is InChI=1S/C22H22O/c1-15-14-21(2)18(16-10-6-4-7-11-16)19(22(15,3)20(21)23)17-12-8-5-9-13-17/h4-13,15H,14H2,1-3H3. The lowest BCUT2D eigenvalue weighted by Gasteiger charge is -2.34. The van der Waals surface area contributed by atoms with Crippen molar-refractivity contribution in [3.8, 4) is 0 Å². The average Bonchev–Trinajstić information content (AvgIpc) is 2.86. The van der Waals surface area contributed by atoms with Crippen LogP contribution in [-0.2, 0) is 4.79 Å². The maximum atomic E-state index is 13.3. The summed E-state index contributed by atoms with van der Waals surface area (Å²) in [5.74, 6) is 0.776. The molecule has 2 aromatic rings. The van der Waals surface area contributed by atoms with Crippen molar-refractivity contribution in [1.29, 1.82) is 0 Å². The number of rotatable bonds is 2. The van der Waals surface area contributed by atoms with E-state index in [2.05, 4.69) is 69.3 Å². The summed E-state index contributed by atoms with van der Waals surface area (Å²) in [6.45, 7) is 6.53. The van der Waals surface area contributed by atoms with Crippen LogP contribution >= 0.6 is 0 Å². The van der Waals surface area contributed by atoms with Crippen molar-refractivity contribution < 1.29 is 4.79 Å². The number of hydrogen-bond acceptors (Lipinski definition) is 1. The van der Waals surface area contributed by atoms with Gasteiger partial charge in [0.2, 0.25) is 0 Å². The van der Waals surface area contributed by atoms with Crippen LogP contribution in [0.2, 0.25) is 0 Å². The fourth-order valence-electron chi connectivity index (χ4n) is 4.93. The Kier molecular flexibility index (Phi) is 2.93. The van der Waals surface area contributed by atoms with Gasteiger partial charge in [-0.05, 0) is 48.5 Å². The fourth-order valence-corrected chi connectivity index (χ4v) is 4.93. The first-order valence-electron chi connectivity index (χ1n) is 8.40. The third-order valence-corrected chi connectivity index (χ3v) is 6.12. The first-order valence-corrected chi connectivity index (χ1v) is 8.40. The Bertz CT molecular complexity index is 802. The van der Waals surface area contributed by atoms with Crippen molar-refractivity contribution in [2.24, 2.45) is 16.7 Å². The van der Waals surface area contributed by atoms with Crippen LogP contribution in [0.3, 0.4) is 0 Å². The van der Waals surface area contributed by atoms with E-state index in [1.807, 2.05) is 12.1 Å². The van der Waals surface area contributed by atoms with E-state index in [0.717, 1.165) is 6.42 Å². The molecule has 3 atom stereocenters. The highest BCUT2D eigenvalue weighted by Gasteiger charge is 2.65. The van der Waals surface area contributed by atoms with Crippen LogP contribution in [0.5, 0.6) is 0 Å². The third-order valence-electron chi connectivity index (χ3n) is 6.12. The number of carbonyl (C=O) groups is 1. The Balaban J connectivity index is 2.08. The molecule has 0 saturated heterocycles. The molecule has 0 radical (unpaired) electrons. The lowest BCUT2D eigenvalue weighted by Crippen LogP contribution is -2.28. The molecule has 0 spiro atoms. The lowest BCUT2D eigenvalue weighted by atomic mass is 9.68. The van der Waals surface area contributed by atoms with Crippen LogP contribution < -0.4 is 0 Å². The summed E-state index contributed by atoms with van der Waals surface area (Å²) in [6.07, 6.45) is 0.947. The molecule has 0 N–H and O–H groups in total. The average molecular weight is 302 g/mol. The van der Waals surface area contributed by atoms with E-state index in [4.69, 9.17) is 0 Å². The largest absolute Gasteiger partial charge is 0.298 e. The topological polar surface area (TPSA) is 17.1 Å². The van der Waals surface area contributed by atoms with Crippen molar-refractivity contribution in [1.82, 2.24) is 0 Å². The summed E-state index contributed by atoms with van der Waals surface area (Å²) in [5, 5.41) is 0. The number of carbonyl (C=O) groups excluding carboxylic acids is 1. The van der Waals surface area contributed by atoms with Gasteiger partial charge in [-0.25, -0.2) is 0 Å². The van der Waals surface area contributed by atoms with Crippen molar-refractivity contribution >= 4 is 16.9 Å². The fraction of sp³-hybridized carbons (Fsp3) is 0.318. The zero-order valence-electron chi connectivity index (χ0n) is 14.0. The van der Waals surface area contributed by atoms with Crippen molar-refractivity contribution in [2.75, 3.05) is 0 Å². The first-order chi connectivity index (χ1) is 11.0.